The van der Waals surface area contributed by atoms with Gasteiger partial charge in [-0.2, -0.15) is 0 Å². The van der Waals surface area contributed by atoms with Crippen LogP contribution in [0.15, 0.2) is 182 Å². The van der Waals surface area contributed by atoms with Gasteiger partial charge >= 0.3 is 0 Å². The number of para-hydroxylation sites is 2. The first kappa shape index (κ1) is 26.8. The van der Waals surface area contributed by atoms with Crippen LogP contribution in [0.5, 0.6) is 0 Å². The van der Waals surface area contributed by atoms with Crippen molar-refractivity contribution >= 4 is 84.8 Å². The Morgan fingerprint density at radius 1 is 0.404 bits per heavy atom. The van der Waals surface area contributed by atoms with Gasteiger partial charge in [-0.15, -0.1) is 22.7 Å². The molecule has 0 aliphatic rings. The summed E-state index contributed by atoms with van der Waals surface area (Å²) < 4.78 is 60.6. The van der Waals surface area contributed by atoms with Crippen LogP contribution in [0.4, 0.5) is 0 Å². The minimum Gasteiger partial charge on any atom is -0.309 e. The summed E-state index contributed by atoms with van der Waals surface area (Å²) in [5, 5.41) is 4.91. The molecular weight excluding hydrogens is 733 g/mol. The Hall–Kier alpha value is -6.99. The number of benzene rings is 8. The Morgan fingerprint density at radius 3 is 1.72 bits per heavy atom. The monoisotopic (exact) mass is 768 g/mol. The first-order valence-corrected chi connectivity index (χ1v) is 20.2. The fraction of sp³-hybridized carbons (Fsp3) is 0. The molecule has 8 aromatic carbocycles. The van der Waals surface area contributed by atoms with Crippen LogP contribution in [0.1, 0.15) is 8.22 Å². The molecule has 4 heterocycles. The summed E-state index contributed by atoms with van der Waals surface area (Å²) in [4.78, 5) is 15.3. The smallest absolute Gasteiger partial charge is 0.164 e. The molecule has 4 aromatic heterocycles. The van der Waals surface area contributed by atoms with E-state index in [1.165, 1.54) is 26.9 Å². The van der Waals surface area contributed by atoms with E-state index in [2.05, 4.69) is 60.7 Å². The molecule has 57 heavy (non-hydrogen) atoms. The Morgan fingerprint density at radius 2 is 0.982 bits per heavy atom. The molecule has 0 atom stereocenters. The molecular formula is C51H30N4S2. The van der Waals surface area contributed by atoms with Gasteiger partial charge in [-0.25, -0.2) is 15.0 Å². The fourth-order valence-corrected chi connectivity index (χ4v) is 10.3. The van der Waals surface area contributed by atoms with Gasteiger partial charge in [0.1, 0.15) is 0 Å². The zero-order valence-corrected chi connectivity index (χ0v) is 31.6. The molecule has 266 valence electrons. The van der Waals surface area contributed by atoms with E-state index >= 15 is 0 Å². The number of aromatic nitrogens is 4. The predicted octanol–water partition coefficient (Wildman–Crippen LogP) is 14.4. The standard InChI is InChI=1S/C51H30N4S2/c1-2-13-31(14-3-1)49-52-50(32-26-28-47-41(29-32)38-18-7-10-23-45(38)56-47)54-51(53-49)33-25-27-36(39-19-12-20-40-37-17-6-11-24-46(37)57-48(39)40)44(30-33)55-42-21-8-4-15-34(42)35-16-5-9-22-43(35)55/h1-30H/i4D,5D,15D,16D,21D,22D. The molecule has 0 spiro atoms. The van der Waals surface area contributed by atoms with Crippen LogP contribution in [0, 0.1) is 0 Å². The number of hydrogen-bond donors (Lipinski definition) is 0. The van der Waals surface area contributed by atoms with E-state index in [9.17, 15) is 2.74 Å². The Labute approximate surface area is 344 Å². The Kier molecular flexibility index (Phi) is 6.00. The summed E-state index contributed by atoms with van der Waals surface area (Å²) in [6.45, 7) is 0. The average molecular weight is 769 g/mol. The molecule has 0 N–H and O–H groups in total. The van der Waals surface area contributed by atoms with Crippen molar-refractivity contribution in [3.05, 3.63) is 182 Å². The molecule has 0 saturated carbocycles. The minimum atomic E-state index is -0.170. The van der Waals surface area contributed by atoms with E-state index in [0.717, 1.165) is 47.8 Å². The number of rotatable bonds is 5. The van der Waals surface area contributed by atoms with Gasteiger partial charge in [0.15, 0.2) is 17.5 Å². The SMILES string of the molecule is [2H]c1cc([2H])c2c(c1[2H])c1c([2H])c([2H])cc([2H])c1n2-c1cc(-c2nc(-c3ccccc3)nc(-c3ccc4sc5ccccc5c4c3)n2)ccc1-c1cccc2c1sc1ccccc12. The van der Waals surface area contributed by atoms with Gasteiger partial charge in [-0.05, 0) is 48.5 Å². The molecule has 0 saturated heterocycles. The summed E-state index contributed by atoms with van der Waals surface area (Å²) in [6.07, 6.45) is 0. The Balaban J connectivity index is 1.18. The third kappa shape index (κ3) is 5.15. The third-order valence-electron chi connectivity index (χ3n) is 10.6. The van der Waals surface area contributed by atoms with Gasteiger partial charge in [-0.1, -0.05) is 133 Å². The third-order valence-corrected chi connectivity index (χ3v) is 13.0. The van der Waals surface area contributed by atoms with Gasteiger partial charge in [-0.3, -0.25) is 0 Å². The fourth-order valence-electron chi connectivity index (χ4n) is 8.01. The lowest BCUT2D eigenvalue weighted by Crippen LogP contribution is -2.02. The van der Waals surface area contributed by atoms with Crippen molar-refractivity contribution < 1.29 is 8.22 Å². The van der Waals surface area contributed by atoms with E-state index in [1.807, 2.05) is 72.8 Å². The topological polar surface area (TPSA) is 43.6 Å². The summed E-state index contributed by atoms with van der Waals surface area (Å²) in [6, 6.07) is 46.9. The first-order chi connectivity index (χ1) is 30.7. The van der Waals surface area contributed by atoms with E-state index in [4.69, 9.17) is 20.4 Å². The van der Waals surface area contributed by atoms with Gasteiger partial charge in [0, 0.05) is 78.9 Å². The van der Waals surface area contributed by atoms with Crippen molar-refractivity contribution in [3.63, 3.8) is 0 Å². The molecule has 12 rings (SSSR count). The molecule has 0 radical (unpaired) electrons. The quantitative estimate of drug-likeness (QED) is 0.175. The summed E-state index contributed by atoms with van der Waals surface area (Å²) >= 11 is 3.44. The molecule has 0 aliphatic heterocycles. The zero-order chi connectivity index (χ0) is 42.7. The second kappa shape index (κ2) is 12.8. The van der Waals surface area contributed by atoms with Crippen LogP contribution in [0.2, 0.25) is 0 Å². The summed E-state index contributed by atoms with van der Waals surface area (Å²) in [7, 11) is 0. The van der Waals surface area contributed by atoms with E-state index in [-0.39, 0.29) is 58.1 Å². The van der Waals surface area contributed by atoms with Crippen LogP contribution < -0.4 is 0 Å². The van der Waals surface area contributed by atoms with Gasteiger partial charge in [0.25, 0.3) is 0 Å². The largest absolute Gasteiger partial charge is 0.309 e. The highest BCUT2D eigenvalue weighted by molar-refractivity contribution is 7.26. The molecule has 6 heteroatoms. The average Bonchev–Trinajstić information content (AvgIpc) is 4.00. The number of nitrogens with zero attached hydrogens (tertiary/aromatic N) is 4. The van der Waals surface area contributed by atoms with E-state index in [1.54, 1.807) is 27.2 Å². The Bertz CT molecular complexity index is 3820. The maximum atomic E-state index is 9.33. The predicted molar refractivity (Wildman–Crippen MR) is 242 cm³/mol. The highest BCUT2D eigenvalue weighted by atomic mass is 32.1. The van der Waals surface area contributed by atoms with E-state index in [0.29, 0.717) is 28.7 Å². The molecule has 0 fully saturated rings. The van der Waals surface area contributed by atoms with Crippen molar-refractivity contribution in [1.82, 2.24) is 19.5 Å². The second-order valence-corrected chi connectivity index (χ2v) is 16.0. The van der Waals surface area contributed by atoms with Gasteiger partial charge in [0.05, 0.1) is 24.9 Å². The maximum absolute atomic E-state index is 9.33. The molecule has 0 bridgehead atoms. The molecule has 0 amide bonds. The zero-order valence-electron chi connectivity index (χ0n) is 36.0. The van der Waals surface area contributed by atoms with E-state index < -0.39 is 0 Å². The van der Waals surface area contributed by atoms with Crippen molar-refractivity contribution in [2.75, 3.05) is 0 Å². The lowest BCUT2D eigenvalue weighted by Gasteiger charge is -2.17. The molecule has 0 unspecified atom stereocenters. The number of fused-ring (bicyclic) bond motifs is 9. The van der Waals surface area contributed by atoms with Crippen LogP contribution in [-0.2, 0) is 0 Å². The normalized spacial score (nSPS) is 13.3. The lowest BCUT2D eigenvalue weighted by atomic mass is 9.98. The van der Waals surface area contributed by atoms with Gasteiger partial charge < -0.3 is 4.57 Å². The highest BCUT2D eigenvalue weighted by Crippen LogP contribution is 2.44. The van der Waals surface area contributed by atoms with Crippen LogP contribution >= 0.6 is 22.7 Å². The summed E-state index contributed by atoms with van der Waals surface area (Å²) in [5.41, 5.74) is 5.12. The summed E-state index contributed by atoms with van der Waals surface area (Å²) in [5.74, 6) is 1.40. The minimum absolute atomic E-state index is 0.0332. The molecule has 0 aliphatic carbocycles. The number of thiophene rings is 2. The van der Waals surface area contributed by atoms with Gasteiger partial charge in [0.2, 0.25) is 0 Å². The molecule has 4 nitrogen and oxygen atoms in total. The van der Waals surface area contributed by atoms with Crippen molar-refractivity contribution in [1.29, 1.82) is 0 Å². The lowest BCUT2D eigenvalue weighted by molar-refractivity contribution is 1.07. The second-order valence-electron chi connectivity index (χ2n) is 13.9. The van der Waals surface area contributed by atoms with Crippen molar-refractivity contribution in [2.45, 2.75) is 0 Å². The van der Waals surface area contributed by atoms with Crippen LogP contribution in [0.3, 0.4) is 0 Å². The van der Waals surface area contributed by atoms with Crippen LogP contribution in [-0.4, -0.2) is 19.5 Å². The number of hydrogen-bond acceptors (Lipinski definition) is 5. The van der Waals surface area contributed by atoms with Crippen LogP contribution in [0.25, 0.3) is 113 Å². The first-order valence-electron chi connectivity index (χ1n) is 21.5. The van der Waals surface area contributed by atoms with Crippen molar-refractivity contribution in [3.8, 4) is 51.0 Å². The molecule has 12 aromatic rings. The highest BCUT2D eigenvalue weighted by Gasteiger charge is 2.21. The maximum Gasteiger partial charge on any atom is 0.164 e. The van der Waals surface area contributed by atoms with Crippen molar-refractivity contribution in [2.24, 2.45) is 0 Å².